The Morgan fingerprint density at radius 2 is 1.78 bits per heavy atom. The summed E-state index contributed by atoms with van der Waals surface area (Å²) >= 11 is 1.13. The van der Waals surface area contributed by atoms with Gasteiger partial charge in [-0.2, -0.15) is 0 Å². The maximum absolute atomic E-state index is 12.7. The highest BCUT2D eigenvalue weighted by atomic mass is 32.1. The van der Waals surface area contributed by atoms with Gasteiger partial charge in [0.05, 0.1) is 17.6 Å². The molecule has 2 N–H and O–H groups in total. The molecule has 0 saturated carbocycles. The standard InChI is InChI=1S/C19H19N3O4S/c1-26-18(25)15-7-6-14(27-15)17(24)22-10-8-19(9-11-22)20-13-5-3-2-4-12(13)16(23)21-19/h2-7,20H,8-11H2,1H3,(H,21,23). The second-order valence-corrected chi connectivity index (χ2v) is 7.74. The Morgan fingerprint density at radius 3 is 2.52 bits per heavy atom. The van der Waals surface area contributed by atoms with Crippen molar-refractivity contribution < 1.29 is 19.1 Å². The molecule has 27 heavy (non-hydrogen) atoms. The lowest BCUT2D eigenvalue weighted by atomic mass is 9.92. The van der Waals surface area contributed by atoms with Crippen LogP contribution in [0.4, 0.5) is 5.69 Å². The minimum Gasteiger partial charge on any atom is -0.465 e. The van der Waals surface area contributed by atoms with Crippen molar-refractivity contribution in [3.63, 3.8) is 0 Å². The Labute approximate surface area is 160 Å². The number of carbonyl (C=O) groups excluding carboxylic acids is 3. The molecule has 0 bridgehead atoms. The molecule has 1 aromatic carbocycles. The highest BCUT2D eigenvalue weighted by Gasteiger charge is 2.41. The van der Waals surface area contributed by atoms with Crippen LogP contribution in [0, 0.1) is 0 Å². The Hall–Kier alpha value is -2.87. The van der Waals surface area contributed by atoms with Gasteiger partial charge in [0.15, 0.2) is 0 Å². The number of para-hydroxylation sites is 1. The largest absolute Gasteiger partial charge is 0.465 e. The van der Waals surface area contributed by atoms with Crippen molar-refractivity contribution >= 4 is 34.8 Å². The van der Waals surface area contributed by atoms with Crippen molar-refractivity contribution in [2.45, 2.75) is 18.5 Å². The van der Waals surface area contributed by atoms with Crippen molar-refractivity contribution in [3.8, 4) is 0 Å². The van der Waals surface area contributed by atoms with Gasteiger partial charge < -0.3 is 20.3 Å². The van der Waals surface area contributed by atoms with Crippen molar-refractivity contribution in [1.29, 1.82) is 0 Å². The predicted molar refractivity (Wildman–Crippen MR) is 101 cm³/mol. The molecule has 1 fully saturated rings. The smallest absolute Gasteiger partial charge is 0.348 e. The number of fused-ring (bicyclic) bond motifs is 1. The second kappa shape index (κ2) is 6.70. The molecule has 1 spiro atoms. The van der Waals surface area contributed by atoms with E-state index in [2.05, 4.69) is 15.4 Å². The fraction of sp³-hybridized carbons (Fsp3) is 0.316. The average Bonchev–Trinajstić information content (AvgIpc) is 3.18. The number of carbonyl (C=O) groups is 3. The van der Waals surface area contributed by atoms with Crippen molar-refractivity contribution in [1.82, 2.24) is 10.2 Å². The van der Waals surface area contributed by atoms with Crippen molar-refractivity contribution in [2.75, 3.05) is 25.5 Å². The van der Waals surface area contributed by atoms with Crippen LogP contribution in [0.2, 0.25) is 0 Å². The maximum Gasteiger partial charge on any atom is 0.348 e. The van der Waals surface area contributed by atoms with Gasteiger partial charge in [-0.1, -0.05) is 12.1 Å². The van der Waals surface area contributed by atoms with Crippen LogP contribution in [-0.2, 0) is 4.74 Å². The van der Waals surface area contributed by atoms with Gasteiger partial charge in [-0.05, 0) is 24.3 Å². The van der Waals surface area contributed by atoms with Crippen LogP contribution in [0.25, 0.3) is 0 Å². The lowest BCUT2D eigenvalue weighted by molar-refractivity contribution is 0.0604. The zero-order chi connectivity index (χ0) is 19.0. The summed E-state index contributed by atoms with van der Waals surface area (Å²) in [5, 5.41) is 6.51. The van der Waals surface area contributed by atoms with E-state index in [1.165, 1.54) is 7.11 Å². The number of benzene rings is 1. The molecule has 1 aromatic heterocycles. The number of piperidine rings is 1. The van der Waals surface area contributed by atoms with Crippen LogP contribution in [0.15, 0.2) is 36.4 Å². The average molecular weight is 385 g/mol. The lowest BCUT2D eigenvalue weighted by Crippen LogP contribution is -2.62. The van der Waals surface area contributed by atoms with E-state index < -0.39 is 11.6 Å². The molecule has 7 nitrogen and oxygen atoms in total. The molecule has 2 amide bonds. The van der Waals surface area contributed by atoms with E-state index in [-0.39, 0.29) is 11.8 Å². The predicted octanol–water partition coefficient (Wildman–Crippen LogP) is 2.32. The minimum atomic E-state index is -0.533. The number of nitrogens with one attached hydrogen (secondary N) is 2. The number of anilines is 1. The summed E-state index contributed by atoms with van der Waals surface area (Å²) < 4.78 is 4.69. The fourth-order valence-corrected chi connectivity index (χ4v) is 4.42. The summed E-state index contributed by atoms with van der Waals surface area (Å²) in [6, 6.07) is 10.7. The van der Waals surface area contributed by atoms with Gasteiger partial charge in [-0.3, -0.25) is 9.59 Å². The highest BCUT2D eigenvalue weighted by molar-refractivity contribution is 7.15. The zero-order valence-corrected chi connectivity index (χ0v) is 15.6. The molecule has 3 heterocycles. The first-order valence-electron chi connectivity index (χ1n) is 8.68. The quantitative estimate of drug-likeness (QED) is 0.775. The van der Waals surface area contributed by atoms with E-state index in [4.69, 9.17) is 0 Å². The minimum absolute atomic E-state index is 0.0925. The van der Waals surface area contributed by atoms with E-state index in [1.54, 1.807) is 23.1 Å². The van der Waals surface area contributed by atoms with E-state index in [9.17, 15) is 14.4 Å². The molecule has 2 aliphatic heterocycles. The van der Waals surface area contributed by atoms with Crippen LogP contribution in [0.1, 0.15) is 42.5 Å². The summed E-state index contributed by atoms with van der Waals surface area (Å²) in [5.74, 6) is -0.637. The number of ether oxygens (including phenoxy) is 1. The zero-order valence-electron chi connectivity index (χ0n) is 14.8. The number of rotatable bonds is 2. The second-order valence-electron chi connectivity index (χ2n) is 6.65. The van der Waals surface area contributed by atoms with Crippen LogP contribution in [-0.4, -0.2) is 48.5 Å². The van der Waals surface area contributed by atoms with Gasteiger partial charge in [-0.15, -0.1) is 11.3 Å². The van der Waals surface area contributed by atoms with Gasteiger partial charge in [0, 0.05) is 31.6 Å². The number of methoxy groups -OCH3 is 1. The number of nitrogens with zero attached hydrogens (tertiary/aromatic N) is 1. The van der Waals surface area contributed by atoms with Crippen molar-refractivity contribution in [3.05, 3.63) is 51.7 Å². The number of likely N-dealkylation sites (tertiary alicyclic amines) is 1. The molecular formula is C19H19N3O4S. The van der Waals surface area contributed by atoms with Gasteiger partial charge in [0.25, 0.3) is 11.8 Å². The first-order valence-corrected chi connectivity index (χ1v) is 9.50. The summed E-state index contributed by atoms with van der Waals surface area (Å²) in [6.07, 6.45) is 1.21. The summed E-state index contributed by atoms with van der Waals surface area (Å²) in [7, 11) is 1.32. The third kappa shape index (κ3) is 3.16. The fourth-order valence-electron chi connectivity index (χ4n) is 3.52. The van der Waals surface area contributed by atoms with Crippen LogP contribution >= 0.6 is 11.3 Å². The topological polar surface area (TPSA) is 87.7 Å². The molecule has 140 valence electrons. The molecule has 0 atom stereocenters. The monoisotopic (exact) mass is 385 g/mol. The van der Waals surface area contributed by atoms with E-state index in [0.717, 1.165) is 17.0 Å². The Morgan fingerprint density at radius 1 is 1.07 bits per heavy atom. The lowest BCUT2D eigenvalue weighted by Gasteiger charge is -2.45. The first kappa shape index (κ1) is 17.5. The number of hydrogen-bond donors (Lipinski definition) is 2. The molecule has 0 radical (unpaired) electrons. The van der Waals surface area contributed by atoms with E-state index in [0.29, 0.717) is 41.2 Å². The SMILES string of the molecule is COC(=O)c1ccc(C(=O)N2CCC3(CC2)NC(=O)c2ccccc2N3)s1. The molecule has 4 rings (SSSR count). The Bertz CT molecular complexity index is 915. The summed E-state index contributed by atoms with van der Waals surface area (Å²) in [4.78, 5) is 39.4. The molecule has 1 saturated heterocycles. The summed E-state index contributed by atoms with van der Waals surface area (Å²) in [5.41, 5.74) is 0.923. The van der Waals surface area contributed by atoms with Crippen LogP contribution < -0.4 is 10.6 Å². The van der Waals surface area contributed by atoms with Gasteiger partial charge >= 0.3 is 5.97 Å². The third-order valence-electron chi connectivity index (χ3n) is 5.01. The Balaban J connectivity index is 1.45. The van der Waals surface area contributed by atoms with Crippen LogP contribution in [0.5, 0.6) is 0 Å². The first-order chi connectivity index (χ1) is 13.0. The van der Waals surface area contributed by atoms with Crippen molar-refractivity contribution in [2.24, 2.45) is 0 Å². The number of esters is 1. The Kier molecular flexibility index (Phi) is 4.35. The molecule has 0 aliphatic carbocycles. The normalized spacial score (nSPS) is 17.7. The molecular weight excluding hydrogens is 366 g/mol. The third-order valence-corrected chi connectivity index (χ3v) is 6.06. The molecule has 2 aliphatic rings. The maximum atomic E-state index is 12.7. The number of amides is 2. The molecule has 8 heteroatoms. The van der Waals surface area contributed by atoms with Gasteiger partial charge in [-0.25, -0.2) is 4.79 Å². The van der Waals surface area contributed by atoms with Gasteiger partial charge in [0.1, 0.15) is 10.5 Å². The molecule has 2 aromatic rings. The highest BCUT2D eigenvalue weighted by Crippen LogP contribution is 2.32. The number of thiophene rings is 1. The number of hydrogen-bond acceptors (Lipinski definition) is 6. The molecule has 0 unspecified atom stereocenters. The van der Waals surface area contributed by atoms with E-state index in [1.807, 2.05) is 18.2 Å². The van der Waals surface area contributed by atoms with E-state index >= 15 is 0 Å². The summed E-state index contributed by atoms with van der Waals surface area (Å²) in [6.45, 7) is 1.03. The van der Waals surface area contributed by atoms with Gasteiger partial charge in [0.2, 0.25) is 0 Å². The van der Waals surface area contributed by atoms with Crippen LogP contribution in [0.3, 0.4) is 0 Å².